The molecule has 0 rings (SSSR count). The van der Waals surface area contributed by atoms with Gasteiger partial charge in [-0.25, -0.2) is 0 Å². The number of allylic oxidation sites excluding steroid dienone is 3. The Kier molecular flexibility index (Phi) is 6.80. The van der Waals surface area contributed by atoms with Crippen molar-refractivity contribution in [3.05, 3.63) is 36.1 Å². The summed E-state index contributed by atoms with van der Waals surface area (Å²) in [4.78, 5) is 2.09. The van der Waals surface area contributed by atoms with Gasteiger partial charge in [-0.2, -0.15) is 0 Å². The Hall–Kier alpha value is -1.02. The molecule has 0 spiro atoms. The first-order valence-corrected chi connectivity index (χ1v) is 5.31. The molecular formula is C13H23NO. The van der Waals surface area contributed by atoms with Crippen molar-refractivity contribution in [2.45, 2.75) is 20.8 Å². The topological polar surface area (TPSA) is 12.5 Å². The average molecular weight is 209 g/mol. The van der Waals surface area contributed by atoms with E-state index in [2.05, 4.69) is 18.1 Å². The SMILES string of the molecule is C=C(C)/C(C)=C\C(=C)N(C)CCOCC. The lowest BCUT2D eigenvalue weighted by atomic mass is 10.1. The van der Waals surface area contributed by atoms with E-state index in [9.17, 15) is 0 Å². The molecule has 0 amide bonds. The number of rotatable bonds is 7. The summed E-state index contributed by atoms with van der Waals surface area (Å²) < 4.78 is 5.29. The molecule has 0 aliphatic rings. The van der Waals surface area contributed by atoms with E-state index in [4.69, 9.17) is 4.74 Å². The van der Waals surface area contributed by atoms with Gasteiger partial charge in [0.2, 0.25) is 0 Å². The molecular weight excluding hydrogens is 186 g/mol. The molecule has 0 atom stereocenters. The normalized spacial score (nSPS) is 11.3. The zero-order valence-electron chi connectivity index (χ0n) is 10.5. The summed E-state index contributed by atoms with van der Waals surface area (Å²) in [6.45, 7) is 16.3. The maximum absolute atomic E-state index is 5.29. The third kappa shape index (κ3) is 6.13. The molecule has 0 aromatic heterocycles. The van der Waals surface area contributed by atoms with Crippen LogP contribution in [0.25, 0.3) is 0 Å². The van der Waals surface area contributed by atoms with Crippen LogP contribution in [0.1, 0.15) is 20.8 Å². The molecule has 2 nitrogen and oxygen atoms in total. The van der Waals surface area contributed by atoms with Crippen LogP contribution in [0.3, 0.4) is 0 Å². The Morgan fingerprint density at radius 2 is 1.93 bits per heavy atom. The van der Waals surface area contributed by atoms with Gasteiger partial charge in [0.15, 0.2) is 0 Å². The van der Waals surface area contributed by atoms with Crippen molar-refractivity contribution in [2.75, 3.05) is 26.8 Å². The van der Waals surface area contributed by atoms with E-state index in [1.807, 2.05) is 33.9 Å². The Labute approximate surface area is 93.9 Å². The van der Waals surface area contributed by atoms with Crippen LogP contribution in [0.4, 0.5) is 0 Å². The lowest BCUT2D eigenvalue weighted by Gasteiger charge is -2.19. The van der Waals surface area contributed by atoms with E-state index >= 15 is 0 Å². The highest BCUT2D eigenvalue weighted by Gasteiger charge is 1.99. The smallest absolute Gasteiger partial charge is 0.0641 e. The first-order valence-electron chi connectivity index (χ1n) is 5.31. The number of nitrogens with zero attached hydrogens (tertiary/aromatic N) is 1. The van der Waals surface area contributed by atoms with Crippen molar-refractivity contribution < 1.29 is 4.74 Å². The Morgan fingerprint density at radius 3 is 2.40 bits per heavy atom. The molecule has 0 radical (unpaired) electrons. The molecule has 86 valence electrons. The highest BCUT2D eigenvalue weighted by atomic mass is 16.5. The second-order valence-corrected chi connectivity index (χ2v) is 3.72. The zero-order valence-corrected chi connectivity index (χ0v) is 10.5. The number of ether oxygens (including phenoxy) is 1. The van der Waals surface area contributed by atoms with Gasteiger partial charge < -0.3 is 9.64 Å². The molecule has 0 unspecified atom stereocenters. The Morgan fingerprint density at radius 1 is 1.33 bits per heavy atom. The van der Waals surface area contributed by atoms with Crippen LogP contribution in [0.2, 0.25) is 0 Å². The fourth-order valence-electron chi connectivity index (χ4n) is 0.973. The van der Waals surface area contributed by atoms with Crippen molar-refractivity contribution in [3.8, 4) is 0 Å². The molecule has 0 aromatic carbocycles. The summed E-state index contributed by atoms with van der Waals surface area (Å²) in [5.41, 5.74) is 3.24. The van der Waals surface area contributed by atoms with Crippen LogP contribution in [0, 0.1) is 0 Å². The molecule has 2 heteroatoms. The van der Waals surface area contributed by atoms with Gasteiger partial charge in [-0.15, -0.1) is 0 Å². The quantitative estimate of drug-likeness (QED) is 0.472. The second-order valence-electron chi connectivity index (χ2n) is 3.72. The lowest BCUT2D eigenvalue weighted by molar-refractivity contribution is 0.131. The van der Waals surface area contributed by atoms with Crippen molar-refractivity contribution in [3.63, 3.8) is 0 Å². The number of hydrogen-bond donors (Lipinski definition) is 0. The van der Waals surface area contributed by atoms with Crippen LogP contribution in [-0.2, 0) is 4.74 Å². The Bertz CT molecular complexity index is 253. The fourth-order valence-corrected chi connectivity index (χ4v) is 0.973. The fraction of sp³-hybridized carbons (Fsp3) is 0.538. The maximum Gasteiger partial charge on any atom is 0.0641 e. The van der Waals surface area contributed by atoms with Crippen LogP contribution in [-0.4, -0.2) is 31.7 Å². The monoisotopic (exact) mass is 209 g/mol. The van der Waals surface area contributed by atoms with Gasteiger partial charge in [0.1, 0.15) is 0 Å². The molecule has 0 aliphatic heterocycles. The van der Waals surface area contributed by atoms with Gasteiger partial charge in [-0.1, -0.05) is 18.7 Å². The van der Waals surface area contributed by atoms with Crippen molar-refractivity contribution >= 4 is 0 Å². The van der Waals surface area contributed by atoms with Gasteiger partial charge in [0, 0.05) is 25.9 Å². The summed E-state index contributed by atoms with van der Waals surface area (Å²) in [5.74, 6) is 0. The molecule has 0 saturated heterocycles. The highest BCUT2D eigenvalue weighted by Crippen LogP contribution is 2.10. The van der Waals surface area contributed by atoms with Gasteiger partial charge in [0.05, 0.1) is 6.61 Å². The van der Waals surface area contributed by atoms with Gasteiger partial charge >= 0.3 is 0 Å². The highest BCUT2D eigenvalue weighted by molar-refractivity contribution is 5.30. The summed E-state index contributed by atoms with van der Waals surface area (Å²) in [6, 6.07) is 0. The molecule has 0 heterocycles. The average Bonchev–Trinajstić information content (AvgIpc) is 2.17. The minimum absolute atomic E-state index is 0.742. The molecule has 15 heavy (non-hydrogen) atoms. The summed E-state index contributed by atoms with van der Waals surface area (Å²) in [7, 11) is 2.02. The maximum atomic E-state index is 5.29. The minimum Gasteiger partial charge on any atom is -0.380 e. The first-order chi connectivity index (χ1) is 6.99. The van der Waals surface area contributed by atoms with Crippen molar-refractivity contribution in [1.29, 1.82) is 0 Å². The molecule has 0 aromatic rings. The third-order valence-electron chi connectivity index (χ3n) is 2.32. The van der Waals surface area contributed by atoms with E-state index in [0.717, 1.165) is 31.0 Å². The summed E-state index contributed by atoms with van der Waals surface area (Å²) in [6.07, 6.45) is 2.05. The zero-order chi connectivity index (χ0) is 11.8. The van der Waals surface area contributed by atoms with Crippen LogP contribution < -0.4 is 0 Å². The summed E-state index contributed by atoms with van der Waals surface area (Å²) >= 11 is 0. The predicted octanol–water partition coefficient (Wildman–Crippen LogP) is 2.99. The number of hydrogen-bond acceptors (Lipinski definition) is 2. The van der Waals surface area contributed by atoms with Gasteiger partial charge in [-0.05, 0) is 32.4 Å². The van der Waals surface area contributed by atoms with E-state index in [-0.39, 0.29) is 0 Å². The molecule has 0 saturated carbocycles. The van der Waals surface area contributed by atoms with E-state index in [0.29, 0.717) is 0 Å². The molecule has 0 aliphatic carbocycles. The molecule has 0 fully saturated rings. The van der Waals surface area contributed by atoms with E-state index in [1.165, 1.54) is 5.57 Å². The van der Waals surface area contributed by atoms with E-state index in [1.54, 1.807) is 0 Å². The largest absolute Gasteiger partial charge is 0.380 e. The first kappa shape index (κ1) is 14.0. The third-order valence-corrected chi connectivity index (χ3v) is 2.32. The van der Waals surface area contributed by atoms with Gasteiger partial charge in [-0.3, -0.25) is 0 Å². The van der Waals surface area contributed by atoms with Crippen LogP contribution >= 0.6 is 0 Å². The molecule has 0 bridgehead atoms. The predicted molar refractivity (Wildman–Crippen MR) is 66.8 cm³/mol. The second kappa shape index (κ2) is 7.30. The lowest BCUT2D eigenvalue weighted by Crippen LogP contribution is -2.21. The van der Waals surface area contributed by atoms with Crippen LogP contribution in [0.5, 0.6) is 0 Å². The Balaban J connectivity index is 4.09. The summed E-state index contributed by atoms with van der Waals surface area (Å²) in [5, 5.41) is 0. The van der Waals surface area contributed by atoms with Crippen LogP contribution in [0.15, 0.2) is 36.1 Å². The van der Waals surface area contributed by atoms with Gasteiger partial charge in [0.25, 0.3) is 0 Å². The standard InChI is InChI=1S/C13H23NO/c1-7-15-9-8-14(6)13(5)10-12(4)11(2)3/h10H,2,5,7-9H2,1,3-4,6H3/b12-10-. The van der Waals surface area contributed by atoms with Crippen molar-refractivity contribution in [1.82, 2.24) is 4.90 Å². The minimum atomic E-state index is 0.742. The molecule has 0 N–H and O–H groups in total. The number of likely N-dealkylation sites (N-methyl/N-ethyl adjacent to an activating group) is 1. The van der Waals surface area contributed by atoms with Crippen molar-refractivity contribution in [2.24, 2.45) is 0 Å². The van der Waals surface area contributed by atoms with E-state index < -0.39 is 0 Å².